The van der Waals surface area contributed by atoms with Crippen LogP contribution in [-0.4, -0.2) is 37.9 Å². The standard InChI is InChI=1S/C18H24N2O3.ClH/c1-14(21)16-4-2-5-17(12-16)23-11-3-6-18(22)20-13-15-7-9-19-10-8-15;/h2,4-5,7,12,19H,3,6,8-11,13H2,1H3,(H,20,22);1H. The van der Waals surface area contributed by atoms with Gasteiger partial charge in [0.15, 0.2) is 5.78 Å². The van der Waals surface area contributed by atoms with E-state index in [9.17, 15) is 9.59 Å². The Balaban J connectivity index is 0.00000288. The molecule has 0 saturated carbocycles. The third-order valence-electron chi connectivity index (χ3n) is 3.73. The Kier molecular flexibility index (Phi) is 9.12. The van der Waals surface area contributed by atoms with Gasteiger partial charge in [-0.1, -0.05) is 23.8 Å². The fraction of sp³-hybridized carbons (Fsp3) is 0.444. The van der Waals surface area contributed by atoms with Crippen molar-refractivity contribution in [1.82, 2.24) is 10.6 Å². The van der Waals surface area contributed by atoms with Crippen molar-refractivity contribution >= 4 is 24.1 Å². The number of nitrogens with one attached hydrogen (secondary N) is 2. The molecule has 2 rings (SSSR count). The van der Waals surface area contributed by atoms with Crippen LogP contribution in [0, 0.1) is 0 Å². The highest BCUT2D eigenvalue weighted by atomic mass is 35.5. The number of hydrogen-bond acceptors (Lipinski definition) is 4. The summed E-state index contributed by atoms with van der Waals surface area (Å²) >= 11 is 0. The molecule has 6 heteroatoms. The van der Waals surface area contributed by atoms with Gasteiger partial charge < -0.3 is 15.4 Å². The van der Waals surface area contributed by atoms with Crippen molar-refractivity contribution in [2.24, 2.45) is 0 Å². The first kappa shape index (κ1) is 20.2. The van der Waals surface area contributed by atoms with Crippen LogP contribution in [0.15, 0.2) is 35.9 Å². The fourth-order valence-electron chi connectivity index (χ4n) is 2.36. The minimum atomic E-state index is 0. The topological polar surface area (TPSA) is 67.4 Å². The summed E-state index contributed by atoms with van der Waals surface area (Å²) in [7, 11) is 0. The Bertz CT molecular complexity index is 587. The average molecular weight is 353 g/mol. The van der Waals surface area contributed by atoms with Crippen molar-refractivity contribution in [3.05, 3.63) is 41.5 Å². The second kappa shape index (κ2) is 10.8. The summed E-state index contributed by atoms with van der Waals surface area (Å²) in [5.74, 6) is 0.727. The number of amides is 1. The highest BCUT2D eigenvalue weighted by Gasteiger charge is 2.06. The summed E-state index contributed by atoms with van der Waals surface area (Å²) in [5, 5.41) is 6.18. The van der Waals surface area contributed by atoms with Gasteiger partial charge in [-0.3, -0.25) is 9.59 Å². The van der Waals surface area contributed by atoms with Gasteiger partial charge in [0.25, 0.3) is 0 Å². The lowest BCUT2D eigenvalue weighted by Gasteiger charge is -2.14. The zero-order valence-electron chi connectivity index (χ0n) is 14.0. The second-order valence-electron chi connectivity index (χ2n) is 5.63. The SMILES string of the molecule is CC(=O)c1cccc(OCCCC(=O)NCC2=CCNCC2)c1.Cl. The van der Waals surface area contributed by atoms with Crippen LogP contribution in [0.25, 0.3) is 0 Å². The van der Waals surface area contributed by atoms with E-state index in [1.807, 2.05) is 6.07 Å². The van der Waals surface area contributed by atoms with Crippen molar-refractivity contribution in [2.75, 3.05) is 26.2 Å². The summed E-state index contributed by atoms with van der Waals surface area (Å²) in [6.07, 6.45) is 4.22. The number of benzene rings is 1. The van der Waals surface area contributed by atoms with Crippen LogP contribution in [0.5, 0.6) is 5.75 Å². The van der Waals surface area contributed by atoms with E-state index in [0.717, 1.165) is 19.5 Å². The molecule has 1 aromatic rings. The van der Waals surface area contributed by atoms with E-state index in [-0.39, 0.29) is 24.1 Å². The highest BCUT2D eigenvalue weighted by molar-refractivity contribution is 5.94. The van der Waals surface area contributed by atoms with Gasteiger partial charge in [-0.2, -0.15) is 0 Å². The number of halogens is 1. The Hall–Kier alpha value is -1.85. The normalized spacial score (nSPS) is 13.5. The van der Waals surface area contributed by atoms with Crippen LogP contribution in [-0.2, 0) is 4.79 Å². The third-order valence-corrected chi connectivity index (χ3v) is 3.73. The molecule has 1 aliphatic rings. The first-order valence-corrected chi connectivity index (χ1v) is 8.04. The second-order valence-corrected chi connectivity index (χ2v) is 5.63. The zero-order chi connectivity index (χ0) is 16.5. The summed E-state index contributed by atoms with van der Waals surface area (Å²) in [6, 6.07) is 7.10. The molecule has 24 heavy (non-hydrogen) atoms. The van der Waals surface area contributed by atoms with Gasteiger partial charge in [0.1, 0.15) is 5.75 Å². The Labute approximate surface area is 149 Å². The van der Waals surface area contributed by atoms with Crippen molar-refractivity contribution < 1.29 is 14.3 Å². The lowest BCUT2D eigenvalue weighted by atomic mass is 10.1. The maximum atomic E-state index is 11.8. The van der Waals surface area contributed by atoms with E-state index in [4.69, 9.17) is 4.74 Å². The van der Waals surface area contributed by atoms with Crippen molar-refractivity contribution in [1.29, 1.82) is 0 Å². The molecular formula is C18H25ClN2O3. The summed E-state index contributed by atoms with van der Waals surface area (Å²) in [5.41, 5.74) is 1.92. The van der Waals surface area contributed by atoms with Gasteiger partial charge in [0.05, 0.1) is 6.61 Å². The Morgan fingerprint density at radius 3 is 2.88 bits per heavy atom. The molecule has 0 aromatic heterocycles. The number of ether oxygens (including phenoxy) is 1. The van der Waals surface area contributed by atoms with Gasteiger partial charge in [0.2, 0.25) is 5.91 Å². The van der Waals surface area contributed by atoms with Crippen LogP contribution >= 0.6 is 12.4 Å². The highest BCUT2D eigenvalue weighted by Crippen LogP contribution is 2.14. The summed E-state index contributed by atoms with van der Waals surface area (Å²) in [6.45, 7) is 4.50. The molecule has 5 nitrogen and oxygen atoms in total. The maximum absolute atomic E-state index is 11.8. The molecule has 0 unspecified atom stereocenters. The number of hydrogen-bond donors (Lipinski definition) is 2. The molecule has 1 aromatic carbocycles. The van der Waals surface area contributed by atoms with Gasteiger partial charge in [-0.15, -0.1) is 12.4 Å². The van der Waals surface area contributed by atoms with Gasteiger partial charge in [-0.05, 0) is 38.4 Å². The van der Waals surface area contributed by atoms with E-state index < -0.39 is 0 Å². The van der Waals surface area contributed by atoms with Crippen LogP contribution in [0.1, 0.15) is 36.5 Å². The predicted molar refractivity (Wildman–Crippen MR) is 97.0 cm³/mol. The summed E-state index contributed by atoms with van der Waals surface area (Å²) < 4.78 is 5.59. The minimum Gasteiger partial charge on any atom is -0.494 e. The smallest absolute Gasteiger partial charge is 0.220 e. The molecule has 2 N–H and O–H groups in total. The van der Waals surface area contributed by atoms with Crippen molar-refractivity contribution in [2.45, 2.75) is 26.2 Å². The minimum absolute atomic E-state index is 0. The van der Waals surface area contributed by atoms with Gasteiger partial charge in [-0.25, -0.2) is 0 Å². The molecular weight excluding hydrogens is 328 g/mol. The van der Waals surface area contributed by atoms with Crippen molar-refractivity contribution in [3.63, 3.8) is 0 Å². The lowest BCUT2D eigenvalue weighted by molar-refractivity contribution is -0.121. The Morgan fingerprint density at radius 1 is 1.33 bits per heavy atom. The molecule has 1 aliphatic heterocycles. The van der Waals surface area contributed by atoms with Crippen molar-refractivity contribution in [3.8, 4) is 5.75 Å². The molecule has 1 heterocycles. The first-order valence-electron chi connectivity index (χ1n) is 8.04. The molecule has 0 spiro atoms. The third kappa shape index (κ3) is 7.15. The van der Waals surface area contributed by atoms with E-state index in [1.54, 1.807) is 18.2 Å². The van der Waals surface area contributed by atoms with E-state index >= 15 is 0 Å². The maximum Gasteiger partial charge on any atom is 0.220 e. The van der Waals surface area contributed by atoms with E-state index in [2.05, 4.69) is 16.7 Å². The molecule has 0 saturated heterocycles. The number of Topliss-reactive ketones (excluding diaryl/α,β-unsaturated/α-hetero) is 1. The zero-order valence-corrected chi connectivity index (χ0v) is 14.8. The average Bonchev–Trinajstić information content (AvgIpc) is 2.58. The van der Waals surface area contributed by atoms with Gasteiger partial charge in [0, 0.05) is 25.1 Å². The molecule has 0 fully saturated rings. The van der Waals surface area contributed by atoms with E-state index in [1.165, 1.54) is 12.5 Å². The van der Waals surface area contributed by atoms with Gasteiger partial charge >= 0.3 is 0 Å². The Morgan fingerprint density at radius 2 is 2.17 bits per heavy atom. The number of carbonyl (C=O) groups excluding carboxylic acids is 2. The molecule has 0 radical (unpaired) electrons. The fourth-order valence-corrected chi connectivity index (χ4v) is 2.36. The molecule has 1 amide bonds. The van der Waals surface area contributed by atoms with Crippen LogP contribution in [0.2, 0.25) is 0 Å². The van der Waals surface area contributed by atoms with Crippen LogP contribution < -0.4 is 15.4 Å². The molecule has 0 bridgehead atoms. The molecule has 0 aliphatic carbocycles. The van der Waals surface area contributed by atoms with E-state index in [0.29, 0.717) is 37.3 Å². The molecule has 132 valence electrons. The van der Waals surface area contributed by atoms with Crippen LogP contribution in [0.3, 0.4) is 0 Å². The van der Waals surface area contributed by atoms with Crippen LogP contribution in [0.4, 0.5) is 0 Å². The molecule has 0 atom stereocenters. The largest absolute Gasteiger partial charge is 0.494 e. The number of rotatable bonds is 8. The quantitative estimate of drug-likeness (QED) is 0.428. The lowest BCUT2D eigenvalue weighted by Crippen LogP contribution is -2.29. The number of ketones is 1. The number of carbonyl (C=O) groups is 2. The summed E-state index contributed by atoms with van der Waals surface area (Å²) in [4.78, 5) is 23.1. The monoisotopic (exact) mass is 352 g/mol. The predicted octanol–water partition coefficient (Wildman–Crippen LogP) is 2.51. The first-order chi connectivity index (χ1) is 11.1.